The van der Waals surface area contributed by atoms with Gasteiger partial charge in [0.05, 0.1) is 0 Å². The van der Waals surface area contributed by atoms with Gasteiger partial charge in [-0.3, -0.25) is 9.59 Å². The minimum atomic E-state index is -1.38. The maximum absolute atomic E-state index is 13.1. The van der Waals surface area contributed by atoms with Gasteiger partial charge < -0.3 is 15.2 Å². The summed E-state index contributed by atoms with van der Waals surface area (Å²) < 4.78 is 5.20. The van der Waals surface area contributed by atoms with E-state index in [1.165, 1.54) is 6.42 Å². The number of carboxylic acids is 1. The first-order valence-corrected chi connectivity index (χ1v) is 12.2. The second-order valence-electron chi connectivity index (χ2n) is 8.99. The van der Waals surface area contributed by atoms with Crippen molar-refractivity contribution < 1.29 is 29.0 Å². The molecule has 0 aromatic heterocycles. The average molecular weight is 494 g/mol. The maximum atomic E-state index is 13.1. The maximum Gasteiger partial charge on any atom is 0.426 e. The molecule has 3 rings (SSSR count). The summed E-state index contributed by atoms with van der Waals surface area (Å²) in [6.45, 7) is 0.361. The van der Waals surface area contributed by atoms with Gasteiger partial charge in [0.1, 0.15) is 6.61 Å². The summed E-state index contributed by atoms with van der Waals surface area (Å²) in [5.41, 5.74) is 2.99. The fourth-order valence-corrected chi connectivity index (χ4v) is 4.81. The Morgan fingerprint density at radius 2 is 1.97 bits per heavy atom. The minimum Gasteiger partial charge on any atom is -0.480 e. The zero-order valence-corrected chi connectivity index (χ0v) is 19.9. The average Bonchev–Trinajstić information content (AvgIpc) is 3.23. The van der Waals surface area contributed by atoms with E-state index in [2.05, 4.69) is 10.7 Å². The molecule has 1 aromatic rings. The summed E-state index contributed by atoms with van der Waals surface area (Å²) in [6.07, 6.45) is 5.73. The Balaban J connectivity index is 1.67. The van der Waals surface area contributed by atoms with E-state index in [9.17, 15) is 24.3 Å². The van der Waals surface area contributed by atoms with Gasteiger partial charge in [-0.1, -0.05) is 55.8 Å². The predicted octanol–water partition coefficient (Wildman–Crippen LogP) is 3.65. The molecule has 186 valence electrons. The summed E-state index contributed by atoms with van der Waals surface area (Å²) in [4.78, 5) is 49.8. The highest BCUT2D eigenvalue weighted by molar-refractivity contribution is 6.30. The molecule has 34 heavy (non-hydrogen) atoms. The summed E-state index contributed by atoms with van der Waals surface area (Å²) in [6, 6.07) is 5.39. The molecule has 3 amide bonds. The lowest BCUT2D eigenvalue weighted by Crippen LogP contribution is -2.55. The van der Waals surface area contributed by atoms with Crippen LogP contribution in [-0.2, 0) is 25.7 Å². The number of hydrazine groups is 1. The highest BCUT2D eigenvalue weighted by atomic mass is 35.5. The highest BCUT2D eigenvalue weighted by Gasteiger charge is 2.37. The van der Waals surface area contributed by atoms with Crippen molar-refractivity contribution in [3.63, 3.8) is 0 Å². The summed E-state index contributed by atoms with van der Waals surface area (Å²) in [5, 5.41) is 13.9. The van der Waals surface area contributed by atoms with Gasteiger partial charge in [0.15, 0.2) is 6.04 Å². The third kappa shape index (κ3) is 7.62. The molecule has 1 saturated heterocycles. The van der Waals surface area contributed by atoms with E-state index < -0.39 is 29.9 Å². The van der Waals surface area contributed by atoms with Crippen molar-refractivity contribution in [3.05, 3.63) is 34.9 Å². The number of carbonyl (C=O) groups excluding carboxylic acids is 3. The van der Waals surface area contributed by atoms with Crippen LogP contribution >= 0.6 is 11.6 Å². The molecule has 9 nitrogen and oxygen atoms in total. The van der Waals surface area contributed by atoms with E-state index in [1.54, 1.807) is 24.3 Å². The second-order valence-corrected chi connectivity index (χ2v) is 9.43. The number of nitrogens with one attached hydrogen (secondary N) is 2. The molecule has 1 heterocycles. The number of ether oxygens (including phenoxy) is 1. The molecule has 1 aromatic carbocycles. The molecule has 2 unspecified atom stereocenters. The monoisotopic (exact) mass is 493 g/mol. The fraction of sp³-hybridized carbons (Fsp3) is 0.583. The lowest BCUT2D eigenvalue weighted by Gasteiger charge is -2.30. The Kier molecular flexibility index (Phi) is 9.56. The summed E-state index contributed by atoms with van der Waals surface area (Å²) >= 11 is 5.95. The van der Waals surface area contributed by atoms with E-state index in [-0.39, 0.29) is 25.4 Å². The quantitative estimate of drug-likeness (QED) is 0.451. The number of benzene rings is 1. The van der Waals surface area contributed by atoms with Crippen molar-refractivity contribution in [2.75, 3.05) is 6.54 Å². The van der Waals surface area contributed by atoms with Crippen molar-refractivity contribution in [1.29, 1.82) is 0 Å². The third-order valence-electron chi connectivity index (χ3n) is 6.50. The van der Waals surface area contributed by atoms with Crippen LogP contribution in [0.4, 0.5) is 4.79 Å². The van der Waals surface area contributed by atoms with Crippen molar-refractivity contribution in [2.24, 2.45) is 11.8 Å². The Morgan fingerprint density at radius 1 is 1.21 bits per heavy atom. The molecule has 3 N–H and O–H groups in total. The Bertz CT molecular complexity index is 889. The molecule has 1 aliphatic carbocycles. The smallest absolute Gasteiger partial charge is 0.426 e. The van der Waals surface area contributed by atoms with Crippen LogP contribution in [0.1, 0.15) is 63.4 Å². The Labute approximate surface area is 204 Å². The van der Waals surface area contributed by atoms with Gasteiger partial charge in [0.25, 0.3) is 0 Å². The van der Waals surface area contributed by atoms with Gasteiger partial charge in [-0.15, -0.1) is 0 Å². The Morgan fingerprint density at radius 3 is 2.62 bits per heavy atom. The predicted molar refractivity (Wildman–Crippen MR) is 125 cm³/mol. The standard InChI is InChI=1S/C24H32ClN3O6/c25-19-8-4-7-17(13-19)15-34-24(33)27-28(21(29)10-9-16-5-2-1-3-6-16)20(23(31)32)14-18-11-12-26-22(18)30/h4,7-8,13,16,18,20H,1-3,5-6,9-12,14-15H2,(H,26,30)(H,27,33)(H,31,32). The SMILES string of the molecule is O=C(NN(C(=O)CCC1CCCCC1)C(CC1CCNC1=O)C(=O)O)OCc1cccc(Cl)c1. The largest absolute Gasteiger partial charge is 0.480 e. The van der Waals surface area contributed by atoms with Gasteiger partial charge in [-0.2, -0.15) is 0 Å². The number of carboxylic acid groups (broad SMARTS) is 1. The number of halogens is 1. The van der Waals surface area contributed by atoms with E-state index >= 15 is 0 Å². The van der Waals surface area contributed by atoms with Crippen LogP contribution in [0.3, 0.4) is 0 Å². The zero-order chi connectivity index (χ0) is 24.5. The van der Waals surface area contributed by atoms with Crippen molar-refractivity contribution >= 4 is 35.5 Å². The molecule has 0 spiro atoms. The molecule has 2 atom stereocenters. The lowest BCUT2D eigenvalue weighted by atomic mass is 9.86. The summed E-state index contributed by atoms with van der Waals surface area (Å²) in [7, 11) is 0. The zero-order valence-electron chi connectivity index (χ0n) is 19.1. The van der Waals surface area contributed by atoms with Crippen molar-refractivity contribution in [1.82, 2.24) is 15.8 Å². The molecule has 2 fully saturated rings. The van der Waals surface area contributed by atoms with Crippen molar-refractivity contribution in [2.45, 2.75) is 70.4 Å². The van der Waals surface area contributed by atoms with Crippen LogP contribution in [0, 0.1) is 11.8 Å². The molecule has 0 bridgehead atoms. The van der Waals surface area contributed by atoms with Crippen LogP contribution in [-0.4, -0.2) is 46.6 Å². The van der Waals surface area contributed by atoms with E-state index in [1.807, 2.05) is 0 Å². The number of rotatable bonds is 9. The summed E-state index contributed by atoms with van der Waals surface area (Å²) in [5.74, 6) is -2.17. The van der Waals surface area contributed by atoms with Crippen LogP contribution < -0.4 is 10.7 Å². The topological polar surface area (TPSA) is 125 Å². The minimum absolute atomic E-state index is 0.0924. The van der Waals surface area contributed by atoms with E-state index in [0.29, 0.717) is 35.9 Å². The van der Waals surface area contributed by atoms with Crippen LogP contribution in [0.15, 0.2) is 24.3 Å². The van der Waals surface area contributed by atoms with E-state index in [0.717, 1.165) is 30.7 Å². The van der Waals surface area contributed by atoms with Gasteiger partial charge >= 0.3 is 12.1 Å². The van der Waals surface area contributed by atoms with Gasteiger partial charge in [-0.25, -0.2) is 20.0 Å². The number of nitrogens with zero attached hydrogens (tertiary/aromatic N) is 1. The lowest BCUT2D eigenvalue weighted by molar-refractivity contribution is -0.154. The van der Waals surface area contributed by atoms with Crippen molar-refractivity contribution in [3.8, 4) is 0 Å². The number of hydrogen-bond donors (Lipinski definition) is 3. The normalized spacial score (nSPS) is 19.2. The Hall–Kier alpha value is -2.81. The number of carbonyl (C=O) groups is 4. The van der Waals surface area contributed by atoms with E-state index in [4.69, 9.17) is 16.3 Å². The van der Waals surface area contributed by atoms with Crippen LogP contribution in [0.5, 0.6) is 0 Å². The first-order chi connectivity index (χ1) is 16.3. The van der Waals surface area contributed by atoms with Gasteiger partial charge in [0.2, 0.25) is 11.8 Å². The second kappa shape index (κ2) is 12.6. The molecule has 2 aliphatic rings. The molecule has 0 radical (unpaired) electrons. The number of hydrogen-bond acceptors (Lipinski definition) is 5. The van der Waals surface area contributed by atoms with Crippen LogP contribution in [0.2, 0.25) is 5.02 Å². The number of aliphatic carboxylic acids is 1. The van der Waals surface area contributed by atoms with Crippen LogP contribution in [0.25, 0.3) is 0 Å². The molecule has 10 heteroatoms. The van der Waals surface area contributed by atoms with Gasteiger partial charge in [-0.05, 0) is 42.9 Å². The fourth-order valence-electron chi connectivity index (χ4n) is 4.60. The molecular formula is C24H32ClN3O6. The highest BCUT2D eigenvalue weighted by Crippen LogP contribution is 2.28. The first kappa shape index (κ1) is 25.8. The number of amides is 3. The molecule has 1 saturated carbocycles. The van der Waals surface area contributed by atoms with Gasteiger partial charge in [0, 0.05) is 23.9 Å². The third-order valence-corrected chi connectivity index (χ3v) is 6.73. The molecular weight excluding hydrogens is 462 g/mol. The molecule has 1 aliphatic heterocycles. The first-order valence-electron chi connectivity index (χ1n) is 11.8.